The zero-order valence-electron chi connectivity index (χ0n) is 27.9. The average Bonchev–Trinajstić information content (AvgIpc) is 3.62. The van der Waals surface area contributed by atoms with Crippen LogP contribution in [0.15, 0.2) is 22.6 Å². The van der Waals surface area contributed by atoms with Crippen molar-refractivity contribution in [3.8, 4) is 17.6 Å². The van der Waals surface area contributed by atoms with E-state index in [4.69, 9.17) is 14.2 Å². The Morgan fingerprint density at radius 2 is 1.44 bits per heavy atom. The molecule has 0 amide bonds. The Balaban J connectivity index is 1.80. The quantitative estimate of drug-likeness (QED) is 0.0492. The Kier molecular flexibility index (Phi) is 20.6. The van der Waals surface area contributed by atoms with Crippen molar-refractivity contribution in [3.05, 3.63) is 18.2 Å². The number of aliphatic hydroxyl groups excluding tert-OH is 1. The highest BCUT2D eigenvalue weighted by atomic mass is 16.7. The maximum atomic E-state index is 13.2. The molecule has 0 bridgehead atoms. The van der Waals surface area contributed by atoms with Crippen LogP contribution >= 0.6 is 0 Å². The van der Waals surface area contributed by atoms with Gasteiger partial charge in [0.05, 0.1) is 24.7 Å². The number of esters is 1. The third-order valence-corrected chi connectivity index (χ3v) is 8.48. The summed E-state index contributed by atoms with van der Waals surface area (Å²) in [5.74, 6) is -3.87. The molecule has 9 nitrogen and oxygen atoms in total. The Bertz CT molecular complexity index is 956. The fraction of sp³-hybridized carbons (Fsp3) is 0.778. The number of carbonyl (C=O) groups excluding carboxylic acids is 2. The van der Waals surface area contributed by atoms with Crippen molar-refractivity contribution in [1.29, 1.82) is 0 Å². The lowest BCUT2D eigenvalue weighted by Gasteiger charge is -2.22. The predicted octanol–water partition coefficient (Wildman–Crippen LogP) is 8.67. The van der Waals surface area contributed by atoms with Crippen LogP contribution in [0.2, 0.25) is 0 Å². The number of unbranched alkanes of at least 4 members (excludes halogenated alkanes) is 15. The summed E-state index contributed by atoms with van der Waals surface area (Å²) in [5.41, 5.74) is 0. The first-order valence-electron chi connectivity index (χ1n) is 17.7. The van der Waals surface area contributed by atoms with Crippen molar-refractivity contribution in [2.75, 3.05) is 6.61 Å². The molecule has 258 valence electrons. The smallest absolute Gasteiger partial charge is 0.330 e. The van der Waals surface area contributed by atoms with Gasteiger partial charge in [0.1, 0.15) is 6.10 Å². The number of aromatic hydroxyl groups is 2. The van der Waals surface area contributed by atoms with Crippen LogP contribution in [0.25, 0.3) is 0 Å². The summed E-state index contributed by atoms with van der Waals surface area (Å²) in [6, 6.07) is 0.977. The molecule has 0 radical (unpaired) electrons. The molecule has 1 aromatic heterocycles. The van der Waals surface area contributed by atoms with Crippen LogP contribution in [0.5, 0.6) is 17.6 Å². The minimum absolute atomic E-state index is 0.120. The first-order valence-corrected chi connectivity index (χ1v) is 17.7. The fourth-order valence-corrected chi connectivity index (χ4v) is 5.68. The second-order valence-electron chi connectivity index (χ2n) is 12.5. The number of Topliss-reactive ketones (excluding diaryl/α,β-unsaturated/α-hetero) is 1. The normalized spacial score (nSPS) is 18.0. The number of hydrogen-bond donors (Lipinski definition) is 3. The van der Waals surface area contributed by atoms with Crippen LogP contribution < -0.4 is 4.74 Å². The highest BCUT2D eigenvalue weighted by Gasteiger charge is 2.40. The maximum Gasteiger partial charge on any atom is 0.330 e. The van der Waals surface area contributed by atoms with Gasteiger partial charge in [0.25, 0.3) is 5.95 Å². The molecule has 4 unspecified atom stereocenters. The number of aliphatic hydroxyl groups is 1. The third kappa shape index (κ3) is 16.7. The van der Waals surface area contributed by atoms with Gasteiger partial charge in [-0.15, -0.1) is 0 Å². The zero-order chi connectivity index (χ0) is 32.7. The standard InChI is InChI=1S/C36H60O9/c1-3-5-7-9-11-13-14-16-17-19-21-23-29(37)30(38)25-28(35(40)44-31-26-33(39)45-36(31)41)32-27-42-34(43-32)24-22-20-18-15-12-10-8-6-4-2/h16-17,26,28,30,32,34,38-39,41H,3-15,18-25,27H2,1-2H3/b17-16-. The van der Waals surface area contributed by atoms with Crippen LogP contribution in [0.4, 0.5) is 0 Å². The highest BCUT2D eigenvalue weighted by molar-refractivity contribution is 5.84. The highest BCUT2D eigenvalue weighted by Crippen LogP contribution is 2.35. The molecular weight excluding hydrogens is 576 g/mol. The van der Waals surface area contributed by atoms with E-state index in [0.29, 0.717) is 12.8 Å². The van der Waals surface area contributed by atoms with Gasteiger partial charge in [-0.25, -0.2) is 0 Å². The molecule has 1 saturated heterocycles. The van der Waals surface area contributed by atoms with Crippen molar-refractivity contribution in [1.82, 2.24) is 0 Å². The molecule has 0 spiro atoms. The van der Waals surface area contributed by atoms with E-state index in [1.54, 1.807) is 0 Å². The number of carbonyl (C=O) groups is 2. The van der Waals surface area contributed by atoms with E-state index in [2.05, 4.69) is 30.4 Å². The van der Waals surface area contributed by atoms with E-state index in [1.165, 1.54) is 83.5 Å². The Labute approximate surface area is 270 Å². The minimum Gasteiger partial charge on any atom is -0.481 e. The van der Waals surface area contributed by atoms with E-state index in [1.807, 2.05) is 0 Å². The van der Waals surface area contributed by atoms with Gasteiger partial charge in [0.2, 0.25) is 5.75 Å². The lowest BCUT2D eigenvalue weighted by molar-refractivity contribution is -0.148. The van der Waals surface area contributed by atoms with Crippen LogP contribution in [0.3, 0.4) is 0 Å². The molecule has 1 aromatic rings. The molecule has 3 N–H and O–H groups in total. The Morgan fingerprint density at radius 3 is 2.04 bits per heavy atom. The molecule has 4 atom stereocenters. The molecule has 45 heavy (non-hydrogen) atoms. The zero-order valence-corrected chi connectivity index (χ0v) is 27.9. The third-order valence-electron chi connectivity index (χ3n) is 8.48. The van der Waals surface area contributed by atoms with E-state index < -0.39 is 42.3 Å². The van der Waals surface area contributed by atoms with Gasteiger partial charge in [-0.05, 0) is 44.9 Å². The van der Waals surface area contributed by atoms with Crippen LogP contribution in [-0.4, -0.2) is 52.2 Å². The number of ether oxygens (including phenoxy) is 3. The number of allylic oxidation sites excluding steroid dienone is 2. The lowest BCUT2D eigenvalue weighted by Crippen LogP contribution is -2.38. The summed E-state index contributed by atoms with van der Waals surface area (Å²) in [4.78, 5) is 26.0. The molecule has 1 aliphatic heterocycles. The van der Waals surface area contributed by atoms with Gasteiger partial charge in [0.15, 0.2) is 12.1 Å². The number of rotatable bonds is 27. The molecular formula is C36H60O9. The first-order chi connectivity index (χ1) is 21.8. The summed E-state index contributed by atoms with van der Waals surface area (Å²) in [6.07, 6.45) is 23.2. The summed E-state index contributed by atoms with van der Waals surface area (Å²) >= 11 is 0. The maximum absolute atomic E-state index is 13.2. The fourth-order valence-electron chi connectivity index (χ4n) is 5.68. The van der Waals surface area contributed by atoms with E-state index >= 15 is 0 Å². The van der Waals surface area contributed by atoms with Crippen LogP contribution in [0.1, 0.15) is 149 Å². The summed E-state index contributed by atoms with van der Waals surface area (Å²) in [7, 11) is 0. The molecule has 0 saturated carbocycles. The SMILES string of the molecule is CCCCCCCC/C=C\CCCC(=O)C(O)CC(C(=O)Oc1cc(O)oc1O)C1COC(CCCCCCCCCCC)O1. The summed E-state index contributed by atoms with van der Waals surface area (Å²) < 4.78 is 21.8. The molecule has 1 aliphatic rings. The van der Waals surface area contributed by atoms with E-state index in [0.717, 1.165) is 31.7 Å². The number of ketones is 1. The number of hydrogen-bond acceptors (Lipinski definition) is 9. The number of furan rings is 1. The van der Waals surface area contributed by atoms with Crippen molar-refractivity contribution in [2.45, 2.75) is 167 Å². The summed E-state index contributed by atoms with van der Waals surface area (Å²) in [5, 5.41) is 30.1. The van der Waals surface area contributed by atoms with Gasteiger partial charge >= 0.3 is 11.9 Å². The minimum atomic E-state index is -1.37. The average molecular weight is 637 g/mol. The summed E-state index contributed by atoms with van der Waals surface area (Å²) in [6.45, 7) is 4.56. The van der Waals surface area contributed by atoms with Crippen molar-refractivity contribution in [2.24, 2.45) is 5.92 Å². The predicted molar refractivity (Wildman–Crippen MR) is 174 cm³/mol. The second-order valence-corrected chi connectivity index (χ2v) is 12.5. The molecule has 1 fully saturated rings. The van der Waals surface area contributed by atoms with Gasteiger partial charge in [0, 0.05) is 6.42 Å². The van der Waals surface area contributed by atoms with Crippen molar-refractivity contribution < 1.29 is 43.5 Å². The van der Waals surface area contributed by atoms with Crippen molar-refractivity contribution in [3.63, 3.8) is 0 Å². The largest absolute Gasteiger partial charge is 0.481 e. The van der Waals surface area contributed by atoms with Gasteiger partial charge in [-0.1, -0.05) is 109 Å². The second kappa shape index (κ2) is 23.9. The van der Waals surface area contributed by atoms with Gasteiger partial charge in [-0.2, -0.15) is 0 Å². The molecule has 0 aromatic carbocycles. The van der Waals surface area contributed by atoms with E-state index in [-0.39, 0.29) is 31.0 Å². The molecule has 0 aliphatic carbocycles. The topological polar surface area (TPSA) is 136 Å². The van der Waals surface area contributed by atoms with Crippen LogP contribution in [0, 0.1) is 5.92 Å². The van der Waals surface area contributed by atoms with E-state index in [9.17, 15) is 24.9 Å². The van der Waals surface area contributed by atoms with Gasteiger partial charge < -0.3 is 33.9 Å². The first kappa shape index (κ1) is 38.8. The van der Waals surface area contributed by atoms with Gasteiger partial charge in [-0.3, -0.25) is 9.59 Å². The molecule has 2 rings (SSSR count). The molecule has 2 heterocycles. The Morgan fingerprint density at radius 1 is 0.867 bits per heavy atom. The van der Waals surface area contributed by atoms with Crippen LogP contribution in [-0.2, 0) is 19.1 Å². The monoisotopic (exact) mass is 636 g/mol. The van der Waals surface area contributed by atoms with Crippen molar-refractivity contribution >= 4 is 11.8 Å². The Hall–Kier alpha value is -2.36. The lowest BCUT2D eigenvalue weighted by atomic mass is 9.92. The molecule has 9 heteroatoms.